The normalized spacial score (nSPS) is 28.7. The zero-order valence-electron chi connectivity index (χ0n) is 15.1. The van der Waals surface area contributed by atoms with Gasteiger partial charge in [0.2, 0.25) is 0 Å². The van der Waals surface area contributed by atoms with Crippen molar-refractivity contribution in [3.63, 3.8) is 0 Å². The van der Waals surface area contributed by atoms with Crippen LogP contribution in [0.25, 0.3) is 0 Å². The third kappa shape index (κ3) is 5.05. The van der Waals surface area contributed by atoms with Crippen molar-refractivity contribution in [1.29, 1.82) is 0 Å². The Hall–Kier alpha value is -1.92. The molecule has 0 radical (unpaired) electrons. The van der Waals surface area contributed by atoms with Gasteiger partial charge in [0.05, 0.1) is 12.7 Å². The Morgan fingerprint density at radius 2 is 2.04 bits per heavy atom. The number of hydrogen-bond donors (Lipinski definition) is 2. The van der Waals surface area contributed by atoms with Crippen LogP contribution in [0.4, 0.5) is 5.69 Å². The molecule has 1 amide bonds. The molecule has 0 aromatic heterocycles. The summed E-state index contributed by atoms with van der Waals surface area (Å²) in [7, 11) is 0. The molecular formula is C20H27NO5. The number of rotatable bonds is 6. The first-order valence-corrected chi connectivity index (χ1v) is 9.41. The molecule has 6 nitrogen and oxygen atoms in total. The van der Waals surface area contributed by atoms with Crippen molar-refractivity contribution in [2.45, 2.75) is 70.4 Å². The molecule has 0 spiro atoms. The highest BCUT2D eigenvalue weighted by Gasteiger charge is 2.34. The van der Waals surface area contributed by atoms with E-state index >= 15 is 0 Å². The van der Waals surface area contributed by atoms with Crippen molar-refractivity contribution in [2.75, 3.05) is 5.32 Å². The molecule has 1 heterocycles. The van der Waals surface area contributed by atoms with Crippen LogP contribution in [0.2, 0.25) is 0 Å². The number of aliphatic carboxylic acids is 1. The fraction of sp³-hybridized carbons (Fsp3) is 0.600. The van der Waals surface area contributed by atoms with E-state index in [0.29, 0.717) is 31.2 Å². The van der Waals surface area contributed by atoms with Crippen molar-refractivity contribution in [1.82, 2.24) is 0 Å². The Morgan fingerprint density at radius 3 is 2.77 bits per heavy atom. The minimum atomic E-state index is -1.02. The molecule has 1 aromatic carbocycles. The number of hydrogen-bond acceptors (Lipinski definition) is 4. The van der Waals surface area contributed by atoms with Crippen LogP contribution >= 0.6 is 0 Å². The van der Waals surface area contributed by atoms with Crippen molar-refractivity contribution >= 4 is 17.6 Å². The SMILES string of the molecule is CC1CCCC(OCc2cccc(NC(=O)[C@@H]3CC[C@H](C(=O)O)O3)c2)C1. The fourth-order valence-electron chi connectivity index (χ4n) is 3.72. The molecule has 1 aromatic rings. The van der Waals surface area contributed by atoms with E-state index in [9.17, 15) is 9.59 Å². The number of carboxylic acid groups (broad SMARTS) is 1. The van der Waals surface area contributed by atoms with E-state index in [1.165, 1.54) is 12.8 Å². The molecule has 4 atom stereocenters. The second kappa shape index (κ2) is 8.64. The van der Waals surface area contributed by atoms with Crippen LogP contribution in [0.1, 0.15) is 51.0 Å². The molecule has 2 N–H and O–H groups in total. The highest BCUT2D eigenvalue weighted by Crippen LogP contribution is 2.27. The van der Waals surface area contributed by atoms with Crippen LogP contribution in [0.3, 0.4) is 0 Å². The number of amides is 1. The molecule has 1 aliphatic heterocycles. The average Bonchev–Trinajstić information content (AvgIpc) is 3.11. The second-order valence-corrected chi connectivity index (χ2v) is 7.42. The van der Waals surface area contributed by atoms with Crippen molar-refractivity contribution in [2.24, 2.45) is 5.92 Å². The summed E-state index contributed by atoms with van der Waals surface area (Å²) < 4.78 is 11.3. The minimum absolute atomic E-state index is 0.298. The first-order valence-electron chi connectivity index (χ1n) is 9.41. The van der Waals surface area contributed by atoms with Crippen LogP contribution in [-0.4, -0.2) is 35.3 Å². The maximum atomic E-state index is 12.3. The quantitative estimate of drug-likeness (QED) is 0.812. The van der Waals surface area contributed by atoms with Crippen molar-refractivity contribution in [3.8, 4) is 0 Å². The van der Waals surface area contributed by atoms with Crippen LogP contribution in [-0.2, 0) is 25.7 Å². The monoisotopic (exact) mass is 361 g/mol. The molecule has 142 valence electrons. The number of anilines is 1. The molecule has 1 aliphatic carbocycles. The first-order chi connectivity index (χ1) is 12.5. The van der Waals surface area contributed by atoms with Gasteiger partial charge >= 0.3 is 5.97 Å². The standard InChI is InChI=1S/C20H27NO5/c1-13-4-2-7-16(10-13)25-12-14-5-3-6-15(11-14)21-19(22)17-8-9-18(26-17)20(23)24/h3,5-6,11,13,16-18H,2,4,7-10,12H2,1H3,(H,21,22)(H,23,24)/t13?,16?,17-,18+/m0/s1. The molecule has 0 bridgehead atoms. The predicted molar refractivity (Wildman–Crippen MR) is 96.8 cm³/mol. The van der Waals surface area contributed by atoms with Gasteiger partial charge in [-0.05, 0) is 49.3 Å². The number of carbonyl (C=O) groups excluding carboxylic acids is 1. The number of carboxylic acids is 1. The largest absolute Gasteiger partial charge is 0.479 e. The highest BCUT2D eigenvalue weighted by atomic mass is 16.5. The summed E-state index contributed by atoms with van der Waals surface area (Å²) in [5.74, 6) is -0.593. The average molecular weight is 361 g/mol. The highest BCUT2D eigenvalue weighted by molar-refractivity contribution is 5.94. The molecule has 26 heavy (non-hydrogen) atoms. The smallest absolute Gasteiger partial charge is 0.332 e. The molecule has 3 rings (SSSR count). The van der Waals surface area contributed by atoms with E-state index < -0.39 is 18.2 Å². The Bertz CT molecular complexity index is 647. The lowest BCUT2D eigenvalue weighted by atomic mass is 9.89. The van der Waals surface area contributed by atoms with E-state index in [0.717, 1.165) is 24.3 Å². The minimum Gasteiger partial charge on any atom is -0.479 e. The third-order valence-corrected chi connectivity index (χ3v) is 5.16. The molecule has 2 fully saturated rings. The van der Waals surface area contributed by atoms with Crippen molar-refractivity contribution in [3.05, 3.63) is 29.8 Å². The predicted octanol–water partition coefficient (Wildman–Crippen LogP) is 3.35. The Kier molecular flexibility index (Phi) is 6.27. The molecule has 1 saturated carbocycles. The van der Waals surface area contributed by atoms with E-state index in [1.807, 2.05) is 24.3 Å². The lowest BCUT2D eigenvalue weighted by Gasteiger charge is -2.26. The molecule has 6 heteroatoms. The molecule has 2 unspecified atom stereocenters. The van der Waals surface area contributed by atoms with Gasteiger partial charge in [-0.1, -0.05) is 31.9 Å². The molecule has 2 aliphatic rings. The van der Waals surface area contributed by atoms with Gasteiger partial charge in [-0.3, -0.25) is 4.79 Å². The lowest BCUT2D eigenvalue weighted by molar-refractivity contribution is -0.150. The van der Waals surface area contributed by atoms with Gasteiger partial charge < -0.3 is 19.9 Å². The molecule has 1 saturated heterocycles. The Morgan fingerprint density at radius 1 is 1.23 bits per heavy atom. The second-order valence-electron chi connectivity index (χ2n) is 7.42. The summed E-state index contributed by atoms with van der Waals surface area (Å²) in [6, 6.07) is 7.57. The van der Waals surface area contributed by atoms with Crippen molar-refractivity contribution < 1.29 is 24.2 Å². The zero-order chi connectivity index (χ0) is 18.5. The van der Waals surface area contributed by atoms with Crippen LogP contribution in [0.15, 0.2) is 24.3 Å². The third-order valence-electron chi connectivity index (χ3n) is 5.16. The summed E-state index contributed by atoms with van der Waals surface area (Å²) in [6.45, 7) is 2.80. The lowest BCUT2D eigenvalue weighted by Crippen LogP contribution is -2.29. The zero-order valence-corrected chi connectivity index (χ0v) is 15.1. The Labute approximate surface area is 153 Å². The molecular weight excluding hydrogens is 334 g/mol. The maximum Gasteiger partial charge on any atom is 0.332 e. The first kappa shape index (κ1) is 18.9. The van der Waals surface area contributed by atoms with Gasteiger partial charge in [-0.15, -0.1) is 0 Å². The topological polar surface area (TPSA) is 84.9 Å². The van der Waals surface area contributed by atoms with Crippen LogP contribution in [0.5, 0.6) is 0 Å². The fourth-order valence-corrected chi connectivity index (χ4v) is 3.72. The van der Waals surface area contributed by atoms with E-state index in [2.05, 4.69) is 12.2 Å². The maximum absolute atomic E-state index is 12.3. The number of nitrogens with one attached hydrogen (secondary N) is 1. The summed E-state index contributed by atoms with van der Waals surface area (Å²) in [6.07, 6.45) is 4.24. The van der Waals surface area contributed by atoms with Gasteiger partial charge in [0.25, 0.3) is 5.91 Å². The van der Waals surface area contributed by atoms with E-state index in [1.54, 1.807) is 0 Å². The van der Waals surface area contributed by atoms with Gasteiger partial charge in [0.1, 0.15) is 6.10 Å². The summed E-state index contributed by atoms with van der Waals surface area (Å²) >= 11 is 0. The Balaban J connectivity index is 1.51. The van der Waals surface area contributed by atoms with Gasteiger partial charge in [0, 0.05) is 5.69 Å². The number of benzene rings is 1. The van der Waals surface area contributed by atoms with Crippen LogP contribution in [0, 0.1) is 5.92 Å². The summed E-state index contributed by atoms with van der Waals surface area (Å²) in [5, 5.41) is 11.8. The number of carbonyl (C=O) groups is 2. The van der Waals surface area contributed by atoms with Gasteiger partial charge in [-0.2, -0.15) is 0 Å². The summed E-state index contributed by atoms with van der Waals surface area (Å²) in [5.41, 5.74) is 1.69. The van der Waals surface area contributed by atoms with E-state index in [-0.39, 0.29) is 5.91 Å². The van der Waals surface area contributed by atoms with E-state index in [4.69, 9.17) is 14.6 Å². The number of ether oxygens (including phenoxy) is 2. The van der Waals surface area contributed by atoms with Gasteiger partial charge in [0.15, 0.2) is 6.10 Å². The van der Waals surface area contributed by atoms with Gasteiger partial charge in [-0.25, -0.2) is 4.79 Å². The summed E-state index contributed by atoms with van der Waals surface area (Å²) in [4.78, 5) is 23.2. The van der Waals surface area contributed by atoms with Crippen LogP contribution < -0.4 is 5.32 Å².